The Hall–Kier alpha value is -3.22. The quantitative estimate of drug-likeness (QED) is 0.128. The molecule has 0 aliphatic rings. The molecule has 182 valence electrons. The summed E-state index contributed by atoms with van der Waals surface area (Å²) in [5.41, 5.74) is 5.62. The normalized spacial score (nSPS) is 13.3. The molecule has 0 spiro atoms. The van der Waals surface area contributed by atoms with Crippen molar-refractivity contribution in [1.29, 1.82) is 0 Å². The second-order valence-corrected chi connectivity index (χ2v) is 7.17. The Balaban J connectivity index is 5.28. The molecule has 0 aromatic heterocycles. The summed E-state index contributed by atoms with van der Waals surface area (Å²) in [6.45, 7) is 2.24. The molecule has 3 unspecified atom stereocenters. The van der Waals surface area contributed by atoms with Crippen molar-refractivity contribution in [3.05, 3.63) is 0 Å². The van der Waals surface area contributed by atoms with Crippen molar-refractivity contribution in [3.8, 4) is 0 Å². The molecular formula is C19H32N4O9. The predicted octanol–water partition coefficient (Wildman–Crippen LogP) is -1.21. The largest absolute Gasteiger partial charge is 0.481 e. The summed E-state index contributed by atoms with van der Waals surface area (Å²) in [6, 6.07) is -3.82. The first-order valence-electron chi connectivity index (χ1n) is 10.3. The van der Waals surface area contributed by atoms with Crippen LogP contribution >= 0.6 is 0 Å². The van der Waals surface area contributed by atoms with Crippen molar-refractivity contribution >= 4 is 35.6 Å². The third-order valence-electron chi connectivity index (χ3n) is 4.40. The van der Waals surface area contributed by atoms with Gasteiger partial charge in [0, 0.05) is 25.8 Å². The van der Waals surface area contributed by atoms with Crippen molar-refractivity contribution in [1.82, 2.24) is 16.0 Å². The number of hydrogen-bond donors (Lipinski definition) is 7. The number of carboxylic acid groups (broad SMARTS) is 3. The fraction of sp³-hybridized carbons (Fsp3) is 0.684. The zero-order valence-corrected chi connectivity index (χ0v) is 18.0. The molecule has 0 heterocycles. The van der Waals surface area contributed by atoms with Gasteiger partial charge in [-0.1, -0.05) is 13.3 Å². The summed E-state index contributed by atoms with van der Waals surface area (Å²) in [7, 11) is 0. The van der Waals surface area contributed by atoms with Crippen molar-refractivity contribution in [2.24, 2.45) is 5.73 Å². The van der Waals surface area contributed by atoms with Crippen LogP contribution in [0.4, 0.5) is 0 Å². The van der Waals surface area contributed by atoms with E-state index >= 15 is 0 Å². The Morgan fingerprint density at radius 2 is 1.16 bits per heavy atom. The van der Waals surface area contributed by atoms with Crippen molar-refractivity contribution in [2.45, 2.75) is 76.4 Å². The third-order valence-corrected chi connectivity index (χ3v) is 4.40. The van der Waals surface area contributed by atoms with E-state index in [2.05, 4.69) is 16.0 Å². The second kappa shape index (κ2) is 15.6. The molecule has 0 fully saturated rings. The van der Waals surface area contributed by atoms with Gasteiger partial charge in [-0.15, -0.1) is 0 Å². The third kappa shape index (κ3) is 13.2. The highest BCUT2D eigenvalue weighted by atomic mass is 16.4. The zero-order chi connectivity index (χ0) is 24.7. The average molecular weight is 460 g/mol. The predicted molar refractivity (Wildman–Crippen MR) is 110 cm³/mol. The number of carboxylic acids is 3. The van der Waals surface area contributed by atoms with E-state index in [0.29, 0.717) is 13.0 Å². The van der Waals surface area contributed by atoms with Crippen LogP contribution in [0.3, 0.4) is 0 Å². The van der Waals surface area contributed by atoms with E-state index in [0.717, 1.165) is 6.42 Å². The van der Waals surface area contributed by atoms with Gasteiger partial charge in [0.2, 0.25) is 17.7 Å². The van der Waals surface area contributed by atoms with E-state index in [1.165, 1.54) is 0 Å². The van der Waals surface area contributed by atoms with Gasteiger partial charge in [-0.3, -0.25) is 28.8 Å². The van der Waals surface area contributed by atoms with Gasteiger partial charge in [0.05, 0.1) is 6.04 Å². The smallest absolute Gasteiger partial charge is 0.303 e. The van der Waals surface area contributed by atoms with E-state index < -0.39 is 66.6 Å². The highest BCUT2D eigenvalue weighted by Crippen LogP contribution is 2.05. The number of unbranched alkanes of at least 4 members (excludes halogenated alkanes) is 1. The number of carbonyl (C=O) groups is 6. The molecule has 0 aliphatic heterocycles. The maximum Gasteiger partial charge on any atom is 0.303 e. The van der Waals surface area contributed by atoms with Crippen molar-refractivity contribution in [3.63, 3.8) is 0 Å². The lowest BCUT2D eigenvalue weighted by Gasteiger charge is -2.23. The lowest BCUT2D eigenvalue weighted by molar-refractivity contribution is -0.140. The first-order valence-corrected chi connectivity index (χ1v) is 10.3. The van der Waals surface area contributed by atoms with E-state index in [4.69, 9.17) is 21.1 Å². The topological polar surface area (TPSA) is 225 Å². The minimum atomic E-state index is -1.37. The fourth-order valence-electron chi connectivity index (χ4n) is 2.55. The summed E-state index contributed by atoms with van der Waals surface area (Å²) in [5.74, 6) is -5.91. The van der Waals surface area contributed by atoms with Gasteiger partial charge < -0.3 is 37.0 Å². The molecule has 0 radical (unpaired) electrons. The Bertz CT molecular complexity index is 684. The fourth-order valence-corrected chi connectivity index (χ4v) is 2.55. The second-order valence-electron chi connectivity index (χ2n) is 7.17. The van der Waals surface area contributed by atoms with Crippen LogP contribution < -0.4 is 21.7 Å². The van der Waals surface area contributed by atoms with Crippen LogP contribution in [-0.2, 0) is 28.8 Å². The van der Waals surface area contributed by atoms with Gasteiger partial charge in [0.25, 0.3) is 0 Å². The molecule has 0 aliphatic carbocycles. The van der Waals surface area contributed by atoms with Gasteiger partial charge in [0.15, 0.2) is 0 Å². The van der Waals surface area contributed by atoms with Crippen molar-refractivity contribution < 1.29 is 44.1 Å². The van der Waals surface area contributed by atoms with Crippen LogP contribution in [0.15, 0.2) is 0 Å². The minimum absolute atomic E-state index is 0.199. The highest BCUT2D eigenvalue weighted by Gasteiger charge is 2.29. The van der Waals surface area contributed by atoms with Crippen LogP contribution in [0.1, 0.15) is 58.3 Å². The summed E-state index contributed by atoms with van der Waals surface area (Å²) < 4.78 is 0. The lowest BCUT2D eigenvalue weighted by Crippen LogP contribution is -2.56. The summed E-state index contributed by atoms with van der Waals surface area (Å²) in [4.78, 5) is 69.7. The van der Waals surface area contributed by atoms with Gasteiger partial charge in [0.1, 0.15) is 12.1 Å². The molecular weight excluding hydrogens is 428 g/mol. The molecule has 0 aromatic rings. The van der Waals surface area contributed by atoms with Gasteiger partial charge >= 0.3 is 17.9 Å². The SMILES string of the molecule is CCCCNC(=O)C(CCC(=O)O)NC(=O)C(CCC(=O)O)NC(=O)C(N)CCC(=O)O. The van der Waals surface area contributed by atoms with Crippen LogP contribution in [0, 0.1) is 0 Å². The Morgan fingerprint density at radius 1 is 0.719 bits per heavy atom. The minimum Gasteiger partial charge on any atom is -0.481 e. The molecule has 0 saturated heterocycles. The standard InChI is InChI=1S/C19H32N4O9/c1-2-3-10-21-18(31)12(5-8-15(26)27)23-19(32)13(6-9-16(28)29)22-17(30)11(20)4-7-14(24)25/h11-13H,2-10,20H2,1H3,(H,21,31)(H,22,30)(H,23,32)(H,24,25)(H,26,27)(H,28,29). The molecule has 0 aromatic carbocycles. The number of nitrogens with two attached hydrogens (primary N) is 1. The molecule has 32 heavy (non-hydrogen) atoms. The lowest BCUT2D eigenvalue weighted by atomic mass is 10.1. The van der Waals surface area contributed by atoms with Gasteiger partial charge in [-0.2, -0.15) is 0 Å². The number of nitrogens with one attached hydrogen (secondary N) is 3. The number of amides is 3. The first kappa shape index (κ1) is 28.8. The monoisotopic (exact) mass is 460 g/mol. The van der Waals surface area contributed by atoms with Crippen LogP contribution in [0.2, 0.25) is 0 Å². The maximum absolute atomic E-state index is 12.7. The molecule has 8 N–H and O–H groups in total. The highest BCUT2D eigenvalue weighted by molar-refractivity contribution is 5.93. The molecule has 0 saturated carbocycles. The Kier molecular flexibility index (Phi) is 14.0. The van der Waals surface area contributed by atoms with E-state index in [-0.39, 0.29) is 25.7 Å². The molecule has 13 nitrogen and oxygen atoms in total. The van der Waals surface area contributed by atoms with Crippen LogP contribution in [-0.4, -0.2) is 75.6 Å². The number of rotatable bonds is 17. The zero-order valence-electron chi connectivity index (χ0n) is 18.0. The Morgan fingerprint density at radius 3 is 1.62 bits per heavy atom. The van der Waals surface area contributed by atoms with E-state index in [1.54, 1.807) is 0 Å². The van der Waals surface area contributed by atoms with Gasteiger partial charge in [-0.25, -0.2) is 0 Å². The first-order chi connectivity index (χ1) is 15.0. The summed E-state index contributed by atoms with van der Waals surface area (Å²) in [5, 5.41) is 33.7. The summed E-state index contributed by atoms with van der Waals surface area (Å²) in [6.07, 6.45) is -0.512. The Labute approximate surface area is 185 Å². The van der Waals surface area contributed by atoms with Gasteiger partial charge in [-0.05, 0) is 25.7 Å². The number of aliphatic carboxylic acids is 3. The van der Waals surface area contributed by atoms with E-state index in [9.17, 15) is 28.8 Å². The average Bonchev–Trinajstić information content (AvgIpc) is 2.71. The number of carbonyl (C=O) groups excluding carboxylic acids is 3. The van der Waals surface area contributed by atoms with Crippen LogP contribution in [0.5, 0.6) is 0 Å². The van der Waals surface area contributed by atoms with Crippen LogP contribution in [0.25, 0.3) is 0 Å². The number of hydrogen-bond acceptors (Lipinski definition) is 7. The van der Waals surface area contributed by atoms with E-state index in [1.807, 2.05) is 6.92 Å². The molecule has 3 atom stereocenters. The van der Waals surface area contributed by atoms with Crippen molar-refractivity contribution in [2.75, 3.05) is 6.54 Å². The summed E-state index contributed by atoms with van der Waals surface area (Å²) >= 11 is 0. The molecule has 3 amide bonds. The maximum atomic E-state index is 12.7. The molecule has 0 bridgehead atoms. The molecule has 0 rings (SSSR count). The molecule has 13 heteroatoms.